The Morgan fingerprint density at radius 3 is 2.35 bits per heavy atom. The number of Topliss-reactive ketones (excluding diaryl/α,β-unsaturated/α-hetero) is 1. The molecule has 0 fully saturated rings. The molecule has 8 heteroatoms. The zero-order chi connectivity index (χ0) is 27.7. The molecule has 0 N–H and O–H groups in total. The number of thiophene rings is 1. The summed E-state index contributed by atoms with van der Waals surface area (Å²) in [5.74, 6) is -3.91. The van der Waals surface area contributed by atoms with Crippen LogP contribution in [0, 0.1) is 26.6 Å². The normalized spacial score (nSPS) is 11.2. The molecular formula is C29H30F3N3OS. The second-order valence-corrected chi connectivity index (χ2v) is 9.77. The van der Waals surface area contributed by atoms with Gasteiger partial charge in [0.05, 0.1) is 11.4 Å². The van der Waals surface area contributed by atoms with E-state index in [-0.39, 0.29) is 17.0 Å². The summed E-state index contributed by atoms with van der Waals surface area (Å²) < 4.78 is 42.7. The fourth-order valence-electron chi connectivity index (χ4n) is 3.70. The van der Waals surface area contributed by atoms with Gasteiger partial charge in [0.15, 0.2) is 0 Å². The van der Waals surface area contributed by atoms with E-state index in [9.17, 15) is 18.0 Å². The molecule has 4 aromatic rings. The lowest BCUT2D eigenvalue weighted by Gasteiger charge is -2.23. The Bertz CT molecular complexity index is 1490. The summed E-state index contributed by atoms with van der Waals surface area (Å²) in [4.78, 5) is 24.1. The van der Waals surface area contributed by atoms with E-state index in [1.165, 1.54) is 29.7 Å². The van der Waals surface area contributed by atoms with Crippen molar-refractivity contribution in [3.05, 3.63) is 88.1 Å². The summed E-state index contributed by atoms with van der Waals surface area (Å²) in [6.07, 6.45) is 1.37. The molecule has 4 nitrogen and oxygen atoms in total. The van der Waals surface area contributed by atoms with E-state index in [1.807, 2.05) is 20.8 Å². The Labute approximate surface area is 219 Å². The number of pyridine rings is 2. The molecule has 0 aliphatic rings. The number of aromatic nitrogens is 2. The number of benzene rings is 1. The van der Waals surface area contributed by atoms with E-state index in [1.54, 1.807) is 50.1 Å². The largest absolute Gasteiger partial charge is 0.340 e. The molecule has 0 unspecified atom stereocenters. The number of carbonyl (C=O) groups is 1. The van der Waals surface area contributed by atoms with Crippen LogP contribution in [-0.2, 0) is 5.92 Å². The quantitative estimate of drug-likeness (QED) is 0.187. The number of hydrogen-bond acceptors (Lipinski definition) is 5. The summed E-state index contributed by atoms with van der Waals surface area (Å²) in [7, 11) is 1.68. The van der Waals surface area contributed by atoms with Crippen molar-refractivity contribution in [2.45, 2.75) is 47.5 Å². The van der Waals surface area contributed by atoms with Gasteiger partial charge in [-0.1, -0.05) is 26.5 Å². The zero-order valence-electron chi connectivity index (χ0n) is 22.0. The molecule has 3 heterocycles. The van der Waals surface area contributed by atoms with E-state index in [2.05, 4.69) is 16.5 Å². The first-order valence-electron chi connectivity index (χ1n) is 11.9. The average Bonchev–Trinajstić information content (AvgIpc) is 3.28. The number of hydrogen-bond donors (Lipinski definition) is 0. The highest BCUT2D eigenvalue weighted by Crippen LogP contribution is 2.37. The molecule has 3 aromatic heterocycles. The molecule has 37 heavy (non-hydrogen) atoms. The lowest BCUT2D eigenvalue weighted by molar-refractivity contribution is 0.0129. The number of allylic oxidation sites excluding steroid dienone is 1. The summed E-state index contributed by atoms with van der Waals surface area (Å²) in [6, 6.07) is 9.71. The number of alkyl halides is 2. The Balaban J connectivity index is 0.00000186. The Morgan fingerprint density at radius 1 is 1.05 bits per heavy atom. The minimum absolute atomic E-state index is 0.136. The topological polar surface area (TPSA) is 46.1 Å². The second-order valence-electron chi connectivity index (χ2n) is 8.69. The Morgan fingerprint density at radius 2 is 1.73 bits per heavy atom. The van der Waals surface area contributed by atoms with Crippen LogP contribution in [0.2, 0.25) is 0 Å². The summed E-state index contributed by atoms with van der Waals surface area (Å²) in [5, 5.41) is 0.638. The standard InChI is InChI=1S/C27H24F3N3OS.C2H6/c1-14-7-8-20(19(28)9-14)33(6)21-10-15(2)17(4)32-25(21)26(34)16(3)22-11-18-13-31-24(27(5,29)30)12-23(18)35-22;1-2/h7-13H,3H2,1-2,4-6H3;1-2H3. The molecule has 0 bridgehead atoms. The van der Waals surface area contributed by atoms with Crippen LogP contribution >= 0.6 is 11.3 Å². The molecule has 1 aromatic carbocycles. The Kier molecular flexibility index (Phi) is 8.22. The predicted molar refractivity (Wildman–Crippen MR) is 147 cm³/mol. The minimum atomic E-state index is -3.07. The van der Waals surface area contributed by atoms with Gasteiger partial charge in [0.2, 0.25) is 5.78 Å². The molecule has 0 saturated heterocycles. The van der Waals surface area contributed by atoms with Crippen molar-refractivity contribution >= 4 is 44.2 Å². The minimum Gasteiger partial charge on any atom is -0.340 e. The molecule has 0 radical (unpaired) electrons. The summed E-state index contributed by atoms with van der Waals surface area (Å²) >= 11 is 1.19. The van der Waals surface area contributed by atoms with Crippen molar-refractivity contribution in [2.24, 2.45) is 0 Å². The summed E-state index contributed by atoms with van der Waals surface area (Å²) in [6.45, 7) is 14.2. The third-order valence-corrected chi connectivity index (χ3v) is 7.07. The average molecular weight is 526 g/mol. The molecule has 0 amide bonds. The van der Waals surface area contributed by atoms with Gasteiger partial charge in [-0.2, -0.15) is 8.78 Å². The van der Waals surface area contributed by atoms with Crippen LogP contribution in [0.1, 0.15) is 58.7 Å². The first kappa shape index (κ1) is 28.1. The fourth-order valence-corrected chi connectivity index (χ4v) is 4.74. The highest BCUT2D eigenvalue weighted by Gasteiger charge is 2.27. The lowest BCUT2D eigenvalue weighted by atomic mass is 10.0. The molecule has 0 aliphatic carbocycles. The number of fused-ring (bicyclic) bond motifs is 1. The van der Waals surface area contributed by atoms with E-state index in [4.69, 9.17) is 0 Å². The van der Waals surface area contributed by atoms with Crippen LogP contribution < -0.4 is 4.90 Å². The van der Waals surface area contributed by atoms with Gasteiger partial charge in [0, 0.05) is 46.4 Å². The van der Waals surface area contributed by atoms with Crippen LogP contribution in [-0.4, -0.2) is 22.8 Å². The number of nitrogens with zero attached hydrogens (tertiary/aromatic N) is 3. The van der Waals surface area contributed by atoms with Crippen LogP contribution in [0.3, 0.4) is 0 Å². The number of rotatable bonds is 6. The van der Waals surface area contributed by atoms with Crippen LogP contribution in [0.25, 0.3) is 15.7 Å². The van der Waals surface area contributed by atoms with E-state index in [0.29, 0.717) is 32.0 Å². The zero-order valence-corrected chi connectivity index (χ0v) is 22.9. The van der Waals surface area contributed by atoms with Crippen LogP contribution in [0.5, 0.6) is 0 Å². The SMILES string of the molecule is C=C(C(=O)c1nc(C)c(C)cc1N(C)c1ccc(C)cc1F)c1cc2cnc(C(C)(F)F)cc2s1.CC. The van der Waals surface area contributed by atoms with Crippen LogP contribution in [0.15, 0.2) is 49.2 Å². The monoisotopic (exact) mass is 525 g/mol. The third kappa shape index (κ3) is 5.74. The molecule has 4 rings (SSSR count). The second kappa shape index (κ2) is 10.8. The molecule has 194 valence electrons. The number of anilines is 2. The van der Waals surface area contributed by atoms with Crippen LogP contribution in [0.4, 0.5) is 24.5 Å². The number of carbonyl (C=O) groups excluding carboxylic acids is 1. The van der Waals surface area contributed by atoms with Crippen molar-refractivity contribution in [1.29, 1.82) is 0 Å². The van der Waals surface area contributed by atoms with Crippen molar-refractivity contribution in [3.63, 3.8) is 0 Å². The van der Waals surface area contributed by atoms with E-state index < -0.39 is 17.5 Å². The molecule has 0 spiro atoms. The van der Waals surface area contributed by atoms with Gasteiger partial charge in [-0.3, -0.25) is 9.78 Å². The van der Waals surface area contributed by atoms with Crippen molar-refractivity contribution in [2.75, 3.05) is 11.9 Å². The first-order valence-corrected chi connectivity index (χ1v) is 12.7. The molecule has 0 atom stereocenters. The van der Waals surface area contributed by atoms with Gasteiger partial charge in [-0.15, -0.1) is 11.3 Å². The third-order valence-electron chi connectivity index (χ3n) is 5.91. The van der Waals surface area contributed by atoms with E-state index >= 15 is 0 Å². The maximum absolute atomic E-state index is 14.7. The Hall–Kier alpha value is -3.52. The summed E-state index contributed by atoms with van der Waals surface area (Å²) in [5.41, 5.74) is 3.02. The lowest BCUT2D eigenvalue weighted by Crippen LogP contribution is -2.18. The highest BCUT2D eigenvalue weighted by atomic mass is 32.1. The molecule has 0 aliphatic heterocycles. The predicted octanol–water partition coefficient (Wildman–Crippen LogP) is 8.56. The first-order chi connectivity index (χ1) is 17.4. The van der Waals surface area contributed by atoms with Crippen molar-refractivity contribution in [3.8, 4) is 0 Å². The maximum Gasteiger partial charge on any atom is 0.287 e. The number of ketones is 1. The molecular weight excluding hydrogens is 495 g/mol. The van der Waals surface area contributed by atoms with Gasteiger partial charge in [-0.05, 0) is 62.2 Å². The maximum atomic E-state index is 14.7. The smallest absolute Gasteiger partial charge is 0.287 e. The van der Waals surface area contributed by atoms with E-state index in [0.717, 1.165) is 18.1 Å². The van der Waals surface area contributed by atoms with Crippen molar-refractivity contribution in [1.82, 2.24) is 9.97 Å². The van der Waals surface area contributed by atoms with Gasteiger partial charge in [0.1, 0.15) is 17.2 Å². The van der Waals surface area contributed by atoms with Gasteiger partial charge in [-0.25, -0.2) is 9.37 Å². The van der Waals surface area contributed by atoms with Gasteiger partial charge in [0.25, 0.3) is 5.92 Å². The molecule has 0 saturated carbocycles. The number of aryl methyl sites for hydroxylation is 3. The highest BCUT2D eigenvalue weighted by molar-refractivity contribution is 7.20. The van der Waals surface area contributed by atoms with Gasteiger partial charge < -0.3 is 4.90 Å². The number of halogens is 3. The fraction of sp³-hybridized carbons (Fsp3) is 0.276. The van der Waals surface area contributed by atoms with Gasteiger partial charge >= 0.3 is 0 Å². The van der Waals surface area contributed by atoms with Crippen molar-refractivity contribution < 1.29 is 18.0 Å².